The van der Waals surface area contributed by atoms with Crippen LogP contribution >= 0.6 is 7.26 Å². The van der Waals surface area contributed by atoms with Crippen LogP contribution in [-0.4, -0.2) is 11.7 Å². The number of alkyl carbamates (subject to hydrolysis) is 1. The molecule has 0 aliphatic carbocycles. The van der Waals surface area contributed by atoms with Crippen molar-refractivity contribution >= 4 is 29.3 Å². The van der Waals surface area contributed by atoms with Crippen LogP contribution in [0.3, 0.4) is 0 Å². The zero-order chi connectivity index (χ0) is 24.7. The Labute approximate surface area is 209 Å². The summed E-state index contributed by atoms with van der Waals surface area (Å²) in [7, 11) is -1.97. The molecule has 0 atom stereocenters. The molecule has 35 heavy (non-hydrogen) atoms. The van der Waals surface area contributed by atoms with E-state index in [0.717, 1.165) is 11.7 Å². The fourth-order valence-corrected chi connectivity index (χ4v) is 8.60. The van der Waals surface area contributed by atoms with Gasteiger partial charge in [-0.1, -0.05) is 78.9 Å². The van der Waals surface area contributed by atoms with E-state index < -0.39 is 19.0 Å². The van der Waals surface area contributed by atoms with Crippen LogP contribution in [-0.2, 0) is 17.4 Å². The maximum atomic E-state index is 12.2. The third-order valence-corrected chi connectivity index (χ3v) is 10.2. The van der Waals surface area contributed by atoms with Gasteiger partial charge >= 0.3 is 6.09 Å². The molecule has 0 unspecified atom stereocenters. The van der Waals surface area contributed by atoms with Crippen LogP contribution in [0.1, 0.15) is 31.9 Å². The van der Waals surface area contributed by atoms with Gasteiger partial charge in [-0.3, -0.25) is 0 Å². The van der Waals surface area contributed by atoms with Gasteiger partial charge in [0.15, 0.2) is 0 Å². The van der Waals surface area contributed by atoms with Crippen LogP contribution in [0.5, 0.6) is 0 Å². The van der Waals surface area contributed by atoms with E-state index in [-0.39, 0.29) is 0 Å². The smallest absolute Gasteiger partial charge is 0.407 e. The molecule has 0 heterocycles. The minimum absolute atomic E-state index is 0.400. The summed E-state index contributed by atoms with van der Waals surface area (Å²) in [6.45, 7) is 6.03. The summed E-state index contributed by atoms with van der Waals surface area (Å²) in [5.74, 6) is 0. The van der Waals surface area contributed by atoms with Crippen LogP contribution in [0.25, 0.3) is 0 Å². The van der Waals surface area contributed by atoms with Crippen molar-refractivity contribution < 1.29 is 9.53 Å². The maximum absolute atomic E-state index is 12.2. The number of rotatable bonds is 7. The van der Waals surface area contributed by atoms with Gasteiger partial charge in [0.2, 0.25) is 0 Å². The summed E-state index contributed by atoms with van der Waals surface area (Å²) in [5, 5.41) is 6.96. The molecule has 0 bridgehead atoms. The minimum Gasteiger partial charge on any atom is -0.444 e. The molecule has 0 saturated carbocycles. The second-order valence-electron chi connectivity index (χ2n) is 9.65. The first-order valence-electron chi connectivity index (χ1n) is 12.0. The molecule has 4 aromatic rings. The SMILES string of the molecule is CC(C)(C)OC(=O)NCc1cccc(C[P+](c2ccccc2)(c2ccccc2)c2ccccc2)c1. The molecule has 0 fully saturated rings. The molecule has 4 heteroatoms. The van der Waals surface area contributed by atoms with Crippen molar-refractivity contribution in [1.29, 1.82) is 0 Å². The lowest BCUT2D eigenvalue weighted by atomic mass is 10.1. The summed E-state index contributed by atoms with van der Waals surface area (Å²) >= 11 is 0. The van der Waals surface area contributed by atoms with Crippen LogP contribution in [0.15, 0.2) is 115 Å². The molecule has 0 aliphatic rings. The number of hydrogen-bond donors (Lipinski definition) is 1. The Kier molecular flexibility index (Phi) is 7.68. The van der Waals surface area contributed by atoms with E-state index in [2.05, 4.69) is 121 Å². The van der Waals surface area contributed by atoms with Gasteiger partial charge in [-0.15, -0.1) is 0 Å². The summed E-state index contributed by atoms with van der Waals surface area (Å²) in [6.07, 6.45) is 0.494. The summed E-state index contributed by atoms with van der Waals surface area (Å²) < 4.78 is 5.40. The first-order chi connectivity index (χ1) is 16.9. The van der Waals surface area contributed by atoms with Gasteiger partial charge in [0.1, 0.15) is 28.8 Å². The number of carbonyl (C=O) groups excluding carboxylic acids is 1. The van der Waals surface area contributed by atoms with Gasteiger partial charge in [0.25, 0.3) is 0 Å². The van der Waals surface area contributed by atoms with Crippen molar-refractivity contribution in [2.24, 2.45) is 0 Å². The molecular weight excluding hydrogens is 449 g/mol. The second-order valence-corrected chi connectivity index (χ2v) is 13.1. The van der Waals surface area contributed by atoms with Crippen molar-refractivity contribution in [3.8, 4) is 0 Å². The zero-order valence-corrected chi connectivity index (χ0v) is 21.5. The van der Waals surface area contributed by atoms with Gasteiger partial charge in [-0.05, 0) is 68.3 Å². The average Bonchev–Trinajstić information content (AvgIpc) is 2.87. The molecule has 0 radical (unpaired) electrons. The lowest BCUT2D eigenvalue weighted by Crippen LogP contribution is -2.32. The van der Waals surface area contributed by atoms with Crippen molar-refractivity contribution in [2.75, 3.05) is 0 Å². The molecule has 1 amide bonds. The lowest BCUT2D eigenvalue weighted by molar-refractivity contribution is 0.0523. The van der Waals surface area contributed by atoms with Crippen LogP contribution in [0, 0.1) is 0 Å². The second kappa shape index (κ2) is 10.9. The van der Waals surface area contributed by atoms with Gasteiger partial charge in [-0.2, -0.15) is 0 Å². The van der Waals surface area contributed by atoms with E-state index in [1.807, 2.05) is 20.8 Å². The number of benzene rings is 4. The van der Waals surface area contributed by atoms with E-state index in [1.165, 1.54) is 21.5 Å². The predicted octanol–water partition coefficient (Wildman–Crippen LogP) is 6.21. The van der Waals surface area contributed by atoms with Crippen LogP contribution < -0.4 is 21.2 Å². The van der Waals surface area contributed by atoms with Gasteiger partial charge in [-0.25, -0.2) is 4.79 Å². The first kappa shape index (κ1) is 24.7. The third-order valence-electron chi connectivity index (χ3n) is 5.84. The van der Waals surface area contributed by atoms with Gasteiger partial charge in [0, 0.05) is 6.54 Å². The van der Waals surface area contributed by atoms with E-state index in [0.29, 0.717) is 6.54 Å². The molecular formula is C31H33NO2P+. The Balaban J connectivity index is 1.73. The fourth-order valence-electron chi connectivity index (χ4n) is 4.37. The highest BCUT2D eigenvalue weighted by molar-refractivity contribution is 7.95. The Hall–Kier alpha value is -3.42. The largest absolute Gasteiger partial charge is 0.444 e. The van der Waals surface area contributed by atoms with E-state index in [4.69, 9.17) is 4.74 Å². The van der Waals surface area contributed by atoms with E-state index >= 15 is 0 Å². The number of ether oxygens (including phenoxy) is 1. The summed E-state index contributed by atoms with van der Waals surface area (Å²) in [4.78, 5) is 12.2. The Morgan fingerprint density at radius 3 is 1.60 bits per heavy atom. The molecule has 0 saturated heterocycles. The van der Waals surface area contributed by atoms with Crippen molar-refractivity contribution in [3.63, 3.8) is 0 Å². The van der Waals surface area contributed by atoms with Crippen molar-refractivity contribution in [3.05, 3.63) is 126 Å². The summed E-state index contributed by atoms with van der Waals surface area (Å²) in [6, 6.07) is 41.2. The highest BCUT2D eigenvalue weighted by Gasteiger charge is 2.45. The normalized spacial score (nSPS) is 11.6. The molecule has 0 spiro atoms. The molecule has 178 valence electrons. The Bertz CT molecular complexity index is 1140. The number of carbonyl (C=O) groups is 1. The quantitative estimate of drug-likeness (QED) is 0.318. The number of nitrogens with one attached hydrogen (secondary N) is 1. The monoisotopic (exact) mass is 482 g/mol. The first-order valence-corrected chi connectivity index (χ1v) is 13.9. The van der Waals surface area contributed by atoms with Crippen molar-refractivity contribution in [1.82, 2.24) is 5.32 Å². The molecule has 4 rings (SSSR count). The van der Waals surface area contributed by atoms with Crippen LogP contribution in [0.4, 0.5) is 4.79 Å². The van der Waals surface area contributed by atoms with Crippen LogP contribution in [0.2, 0.25) is 0 Å². The molecule has 3 nitrogen and oxygen atoms in total. The standard InChI is InChI=1S/C31H32NO2P/c1-31(2,3)34-30(33)32-23-25-14-13-15-26(22-25)24-35(27-16-7-4-8-17-27,28-18-9-5-10-19-28)29-20-11-6-12-21-29/h4-22H,23-24H2,1-3H3/p+1. The lowest BCUT2D eigenvalue weighted by Gasteiger charge is -2.28. The molecule has 0 aromatic heterocycles. The molecule has 4 aromatic carbocycles. The molecule has 1 N–H and O–H groups in total. The number of amides is 1. The fraction of sp³-hybridized carbons (Fsp3) is 0.194. The zero-order valence-electron chi connectivity index (χ0n) is 20.6. The highest BCUT2D eigenvalue weighted by Crippen LogP contribution is 2.58. The highest BCUT2D eigenvalue weighted by atomic mass is 31.2. The summed E-state index contributed by atoms with van der Waals surface area (Å²) in [5.41, 5.74) is 1.79. The van der Waals surface area contributed by atoms with Gasteiger partial charge in [0.05, 0.1) is 6.16 Å². The van der Waals surface area contributed by atoms with Crippen molar-refractivity contribution in [2.45, 2.75) is 39.1 Å². The molecule has 0 aliphatic heterocycles. The Morgan fingerprint density at radius 1 is 0.686 bits per heavy atom. The third kappa shape index (κ3) is 6.18. The van der Waals surface area contributed by atoms with E-state index in [9.17, 15) is 4.79 Å². The minimum atomic E-state index is -1.97. The topological polar surface area (TPSA) is 38.3 Å². The predicted molar refractivity (Wildman–Crippen MR) is 148 cm³/mol. The average molecular weight is 483 g/mol. The van der Waals surface area contributed by atoms with E-state index in [1.54, 1.807) is 0 Å². The van der Waals surface area contributed by atoms with Gasteiger partial charge < -0.3 is 10.1 Å². The maximum Gasteiger partial charge on any atom is 0.407 e. The number of hydrogen-bond acceptors (Lipinski definition) is 2. The Morgan fingerprint density at radius 2 is 1.14 bits per heavy atom.